The lowest BCUT2D eigenvalue weighted by Gasteiger charge is -2.25. The van der Waals surface area contributed by atoms with Gasteiger partial charge in [0.15, 0.2) is 0 Å². The fourth-order valence-electron chi connectivity index (χ4n) is 1.58. The molecule has 2 nitrogen and oxygen atoms in total. The van der Waals surface area contributed by atoms with Crippen LogP contribution in [0, 0.1) is 0 Å². The summed E-state index contributed by atoms with van der Waals surface area (Å²) in [6.07, 6.45) is 5.60. The molecule has 0 amide bonds. The van der Waals surface area contributed by atoms with Crippen LogP contribution in [0.15, 0.2) is 12.3 Å². The zero-order valence-corrected chi connectivity index (χ0v) is 8.22. The van der Waals surface area contributed by atoms with Crippen LogP contribution in [-0.4, -0.2) is 4.98 Å². The maximum Gasteiger partial charge on any atom is 0.0627 e. The molecule has 0 bridgehead atoms. The Morgan fingerprint density at radius 2 is 2.31 bits per heavy atom. The maximum absolute atomic E-state index is 6.10. The number of rotatable bonds is 2. The Balaban J connectivity index is 2.26. The van der Waals surface area contributed by atoms with E-state index in [1.807, 2.05) is 12.3 Å². The van der Waals surface area contributed by atoms with Gasteiger partial charge in [-0.2, -0.15) is 0 Å². The second kappa shape index (κ2) is 3.64. The zero-order valence-electron chi connectivity index (χ0n) is 7.46. The van der Waals surface area contributed by atoms with Crippen LogP contribution >= 0.6 is 11.6 Å². The van der Waals surface area contributed by atoms with Gasteiger partial charge in [-0.25, -0.2) is 0 Å². The molecule has 0 atom stereocenters. The maximum atomic E-state index is 6.10. The molecule has 1 heterocycles. The number of hydrogen-bond acceptors (Lipinski definition) is 2. The topological polar surface area (TPSA) is 38.9 Å². The number of hydrogen-bond donors (Lipinski definition) is 1. The highest BCUT2D eigenvalue weighted by molar-refractivity contribution is 6.31. The first-order valence-corrected chi connectivity index (χ1v) is 5.03. The lowest BCUT2D eigenvalue weighted by molar-refractivity contribution is 0.411. The van der Waals surface area contributed by atoms with Crippen LogP contribution < -0.4 is 5.73 Å². The molecule has 0 radical (unpaired) electrons. The summed E-state index contributed by atoms with van der Waals surface area (Å²) >= 11 is 6.10. The second-order valence-corrected chi connectivity index (χ2v) is 3.95. The minimum absolute atomic E-state index is 0.512. The fraction of sp³-hybridized carbons (Fsp3) is 0.500. The summed E-state index contributed by atoms with van der Waals surface area (Å²) in [5.41, 5.74) is 7.56. The van der Waals surface area contributed by atoms with Gasteiger partial charge in [-0.1, -0.05) is 18.0 Å². The van der Waals surface area contributed by atoms with Gasteiger partial charge in [0.1, 0.15) is 0 Å². The molecule has 1 aromatic heterocycles. The molecular weight excluding hydrogens is 184 g/mol. The molecular formula is C10H13ClN2. The van der Waals surface area contributed by atoms with Gasteiger partial charge >= 0.3 is 0 Å². The Morgan fingerprint density at radius 3 is 2.77 bits per heavy atom. The first kappa shape index (κ1) is 8.97. The second-order valence-electron chi connectivity index (χ2n) is 3.54. The molecule has 1 aliphatic carbocycles. The van der Waals surface area contributed by atoms with Crippen LogP contribution in [0.1, 0.15) is 36.4 Å². The van der Waals surface area contributed by atoms with E-state index in [0.717, 1.165) is 16.3 Å². The largest absolute Gasteiger partial charge is 0.326 e. The monoisotopic (exact) mass is 196 g/mol. The first-order valence-electron chi connectivity index (χ1n) is 4.65. The molecule has 3 heteroatoms. The molecule has 0 unspecified atom stereocenters. The molecule has 70 valence electrons. The van der Waals surface area contributed by atoms with Crippen molar-refractivity contribution in [2.75, 3.05) is 0 Å². The van der Waals surface area contributed by atoms with E-state index in [9.17, 15) is 0 Å². The number of halogens is 1. The normalized spacial score (nSPS) is 17.1. The summed E-state index contributed by atoms with van der Waals surface area (Å²) in [7, 11) is 0. The van der Waals surface area contributed by atoms with Crippen molar-refractivity contribution >= 4 is 11.6 Å². The van der Waals surface area contributed by atoms with E-state index in [2.05, 4.69) is 4.98 Å². The van der Waals surface area contributed by atoms with Crippen LogP contribution in [0.4, 0.5) is 0 Å². The number of nitrogens with zero attached hydrogens (tertiary/aromatic N) is 1. The molecule has 2 N–H and O–H groups in total. The minimum atomic E-state index is 0.512. The van der Waals surface area contributed by atoms with Gasteiger partial charge in [-0.3, -0.25) is 4.98 Å². The van der Waals surface area contributed by atoms with Crippen molar-refractivity contribution in [3.63, 3.8) is 0 Å². The van der Waals surface area contributed by atoms with E-state index in [-0.39, 0.29) is 0 Å². The smallest absolute Gasteiger partial charge is 0.0627 e. The Bertz CT molecular complexity index is 308. The van der Waals surface area contributed by atoms with Gasteiger partial charge in [-0.15, -0.1) is 0 Å². The predicted octanol–water partition coefficient (Wildman–Crippen LogP) is 2.46. The van der Waals surface area contributed by atoms with Gasteiger partial charge in [-0.05, 0) is 24.5 Å². The number of nitrogens with two attached hydrogens (primary N) is 1. The SMILES string of the molecule is NCc1cnc(C2CCC2)c(Cl)c1. The van der Waals surface area contributed by atoms with Crippen LogP contribution in [-0.2, 0) is 6.54 Å². The van der Waals surface area contributed by atoms with Gasteiger partial charge in [0.05, 0.1) is 10.7 Å². The summed E-state index contributed by atoms with van der Waals surface area (Å²) in [6, 6.07) is 1.93. The van der Waals surface area contributed by atoms with Crippen molar-refractivity contribution < 1.29 is 0 Å². The lowest BCUT2D eigenvalue weighted by Crippen LogP contribution is -2.11. The Morgan fingerprint density at radius 1 is 1.54 bits per heavy atom. The Labute approximate surface area is 83.1 Å². The molecule has 13 heavy (non-hydrogen) atoms. The standard InChI is InChI=1S/C10H13ClN2/c11-9-4-7(5-12)6-13-10(9)8-2-1-3-8/h4,6,8H,1-3,5,12H2. The quantitative estimate of drug-likeness (QED) is 0.789. The molecule has 1 aliphatic rings. The van der Waals surface area contributed by atoms with Crippen LogP contribution in [0.5, 0.6) is 0 Å². The van der Waals surface area contributed by atoms with E-state index in [0.29, 0.717) is 12.5 Å². The van der Waals surface area contributed by atoms with Crippen LogP contribution in [0.25, 0.3) is 0 Å². The van der Waals surface area contributed by atoms with Crippen molar-refractivity contribution in [3.8, 4) is 0 Å². The molecule has 1 aromatic rings. The number of pyridine rings is 1. The van der Waals surface area contributed by atoms with E-state index in [1.54, 1.807) is 0 Å². The van der Waals surface area contributed by atoms with E-state index >= 15 is 0 Å². The third kappa shape index (κ3) is 1.69. The van der Waals surface area contributed by atoms with E-state index < -0.39 is 0 Å². The van der Waals surface area contributed by atoms with Crippen LogP contribution in [0.3, 0.4) is 0 Å². The van der Waals surface area contributed by atoms with Crippen molar-refractivity contribution in [1.82, 2.24) is 4.98 Å². The van der Waals surface area contributed by atoms with E-state index in [4.69, 9.17) is 17.3 Å². The summed E-state index contributed by atoms with van der Waals surface area (Å²) in [5, 5.41) is 0.785. The highest BCUT2D eigenvalue weighted by Gasteiger charge is 2.22. The molecule has 0 saturated heterocycles. The number of aromatic nitrogens is 1. The highest BCUT2D eigenvalue weighted by atomic mass is 35.5. The van der Waals surface area contributed by atoms with Crippen LogP contribution in [0.2, 0.25) is 5.02 Å². The van der Waals surface area contributed by atoms with Crippen molar-refractivity contribution in [2.24, 2.45) is 5.73 Å². The third-order valence-corrected chi connectivity index (χ3v) is 2.96. The van der Waals surface area contributed by atoms with E-state index in [1.165, 1.54) is 19.3 Å². The van der Waals surface area contributed by atoms with Crippen molar-refractivity contribution in [1.29, 1.82) is 0 Å². The zero-order chi connectivity index (χ0) is 9.26. The minimum Gasteiger partial charge on any atom is -0.326 e. The highest BCUT2D eigenvalue weighted by Crippen LogP contribution is 2.38. The molecule has 2 rings (SSSR count). The van der Waals surface area contributed by atoms with Crippen molar-refractivity contribution in [2.45, 2.75) is 31.7 Å². The van der Waals surface area contributed by atoms with Gasteiger partial charge in [0, 0.05) is 18.7 Å². The fourth-order valence-corrected chi connectivity index (χ4v) is 1.93. The van der Waals surface area contributed by atoms with Gasteiger partial charge in [0.25, 0.3) is 0 Å². The summed E-state index contributed by atoms with van der Waals surface area (Å²) in [4.78, 5) is 4.36. The summed E-state index contributed by atoms with van der Waals surface area (Å²) in [6.45, 7) is 0.512. The molecule has 1 saturated carbocycles. The lowest BCUT2D eigenvalue weighted by atomic mass is 9.82. The summed E-state index contributed by atoms with van der Waals surface area (Å²) in [5.74, 6) is 0.597. The Hall–Kier alpha value is -0.600. The Kier molecular flexibility index (Phi) is 2.51. The van der Waals surface area contributed by atoms with Gasteiger partial charge in [0.2, 0.25) is 0 Å². The molecule has 0 aliphatic heterocycles. The molecule has 0 spiro atoms. The third-order valence-electron chi connectivity index (χ3n) is 2.65. The summed E-state index contributed by atoms with van der Waals surface area (Å²) < 4.78 is 0. The van der Waals surface area contributed by atoms with Crippen molar-refractivity contribution in [3.05, 3.63) is 28.5 Å². The molecule has 0 aromatic carbocycles. The molecule has 1 fully saturated rings. The first-order chi connectivity index (χ1) is 6.31. The average molecular weight is 197 g/mol. The average Bonchev–Trinajstić information content (AvgIpc) is 2.05. The van der Waals surface area contributed by atoms with Gasteiger partial charge < -0.3 is 5.73 Å². The predicted molar refractivity (Wildman–Crippen MR) is 53.7 cm³/mol.